The lowest BCUT2D eigenvalue weighted by molar-refractivity contribution is -0.124. The summed E-state index contributed by atoms with van der Waals surface area (Å²) in [6, 6.07) is 0.497. The molecule has 1 aliphatic heterocycles. The molecule has 1 amide bonds. The predicted octanol–water partition coefficient (Wildman–Crippen LogP) is -0.380. The number of nitrogens with one attached hydrogen (secondary N) is 1. The van der Waals surface area contributed by atoms with E-state index >= 15 is 0 Å². The van der Waals surface area contributed by atoms with E-state index in [1.807, 2.05) is 6.92 Å². The van der Waals surface area contributed by atoms with E-state index in [4.69, 9.17) is 5.73 Å². The molecule has 1 aliphatic carbocycles. The first-order valence-electron chi connectivity index (χ1n) is 6.98. The van der Waals surface area contributed by atoms with Gasteiger partial charge in [-0.3, -0.25) is 15.0 Å². The topological polar surface area (TPSA) is 61.6 Å². The van der Waals surface area contributed by atoms with Crippen molar-refractivity contribution in [2.24, 2.45) is 5.73 Å². The van der Waals surface area contributed by atoms with Crippen LogP contribution in [0.5, 0.6) is 0 Å². The first-order valence-corrected chi connectivity index (χ1v) is 6.98. The van der Waals surface area contributed by atoms with Crippen LogP contribution in [0.4, 0.5) is 0 Å². The molecule has 0 bridgehead atoms. The van der Waals surface area contributed by atoms with Gasteiger partial charge in [0, 0.05) is 25.7 Å². The van der Waals surface area contributed by atoms with Crippen LogP contribution < -0.4 is 11.1 Å². The second-order valence-electron chi connectivity index (χ2n) is 6.05. The summed E-state index contributed by atoms with van der Waals surface area (Å²) < 4.78 is 0. The van der Waals surface area contributed by atoms with Crippen molar-refractivity contribution < 1.29 is 4.79 Å². The van der Waals surface area contributed by atoms with Crippen molar-refractivity contribution in [1.29, 1.82) is 0 Å². The summed E-state index contributed by atoms with van der Waals surface area (Å²) in [5, 5.41) is 3.42. The van der Waals surface area contributed by atoms with Crippen LogP contribution in [0, 0.1) is 0 Å². The summed E-state index contributed by atoms with van der Waals surface area (Å²) in [5.41, 5.74) is 5.01. The van der Waals surface area contributed by atoms with Crippen molar-refractivity contribution in [1.82, 2.24) is 15.1 Å². The van der Waals surface area contributed by atoms with Crippen LogP contribution in [0.25, 0.3) is 0 Å². The number of nitrogens with zero attached hydrogens (tertiary/aromatic N) is 2. The van der Waals surface area contributed by atoms with Gasteiger partial charge >= 0.3 is 0 Å². The zero-order chi connectivity index (χ0) is 13.2. The Morgan fingerprint density at radius 3 is 2.67 bits per heavy atom. The fourth-order valence-corrected chi connectivity index (χ4v) is 2.58. The van der Waals surface area contributed by atoms with E-state index in [1.54, 1.807) is 0 Å². The van der Waals surface area contributed by atoms with Gasteiger partial charge in [0.05, 0.1) is 0 Å². The Hall–Kier alpha value is -0.650. The lowest BCUT2D eigenvalue weighted by Gasteiger charge is -2.33. The molecule has 5 heteroatoms. The number of rotatable bonds is 5. The summed E-state index contributed by atoms with van der Waals surface area (Å²) >= 11 is 0. The third-order valence-corrected chi connectivity index (χ3v) is 4.00. The number of hydrogen-bond acceptors (Lipinski definition) is 4. The Labute approximate surface area is 110 Å². The highest BCUT2D eigenvalue weighted by atomic mass is 16.1. The van der Waals surface area contributed by atoms with E-state index in [2.05, 4.69) is 22.2 Å². The number of likely N-dealkylation sites (N-methyl/N-ethyl adjacent to an activating group) is 1. The quantitative estimate of drug-likeness (QED) is 0.702. The number of carbonyl (C=O) groups is 1. The van der Waals surface area contributed by atoms with Gasteiger partial charge in [0.2, 0.25) is 5.91 Å². The first kappa shape index (κ1) is 13.8. The molecule has 1 unspecified atom stereocenters. The maximum Gasteiger partial charge on any atom is 0.238 e. The molecule has 2 fully saturated rings. The maximum atomic E-state index is 11.7. The van der Waals surface area contributed by atoms with E-state index in [0.717, 1.165) is 39.1 Å². The molecule has 0 aromatic carbocycles. The fourth-order valence-electron chi connectivity index (χ4n) is 2.58. The van der Waals surface area contributed by atoms with E-state index in [1.165, 1.54) is 12.8 Å². The molecule has 1 saturated heterocycles. The molecule has 5 nitrogen and oxygen atoms in total. The molecule has 1 atom stereocenters. The molecule has 2 rings (SSSR count). The minimum atomic E-state index is -0.579. The summed E-state index contributed by atoms with van der Waals surface area (Å²) in [6.07, 6.45) is 3.51. The Morgan fingerprint density at radius 2 is 2.06 bits per heavy atom. The van der Waals surface area contributed by atoms with Gasteiger partial charge in [-0.1, -0.05) is 0 Å². The lowest BCUT2D eigenvalue weighted by atomic mass is 10.00. The molecular weight excluding hydrogens is 228 g/mol. The van der Waals surface area contributed by atoms with Crippen molar-refractivity contribution >= 4 is 5.91 Å². The molecule has 0 radical (unpaired) electrons. The Morgan fingerprint density at radius 1 is 1.33 bits per heavy atom. The molecule has 1 saturated carbocycles. The molecule has 0 aromatic rings. The zero-order valence-electron chi connectivity index (χ0n) is 11.6. The van der Waals surface area contributed by atoms with Crippen LogP contribution in [0.1, 0.15) is 26.2 Å². The Bertz CT molecular complexity index is 305. The van der Waals surface area contributed by atoms with Crippen molar-refractivity contribution in [3.05, 3.63) is 0 Å². The average Bonchev–Trinajstić information content (AvgIpc) is 3.09. The standard InChI is InChI=1S/C13H26N4O/c1-13(12(14)18,15-11-4-5-11)10-17-7-3-6-16(2)8-9-17/h11,15H,3-10H2,1-2H3,(H2,14,18). The van der Waals surface area contributed by atoms with Gasteiger partial charge in [-0.2, -0.15) is 0 Å². The van der Waals surface area contributed by atoms with Crippen LogP contribution in [-0.4, -0.2) is 67.1 Å². The molecule has 104 valence electrons. The molecule has 18 heavy (non-hydrogen) atoms. The number of hydrogen-bond donors (Lipinski definition) is 2. The van der Waals surface area contributed by atoms with E-state index in [9.17, 15) is 4.79 Å². The highest BCUT2D eigenvalue weighted by molar-refractivity contribution is 5.84. The normalized spacial score (nSPS) is 26.6. The number of primary amides is 1. The second-order valence-corrected chi connectivity index (χ2v) is 6.05. The minimum absolute atomic E-state index is 0.230. The van der Waals surface area contributed by atoms with Crippen molar-refractivity contribution in [3.63, 3.8) is 0 Å². The van der Waals surface area contributed by atoms with Gasteiger partial charge in [0.1, 0.15) is 5.54 Å². The molecular formula is C13H26N4O. The molecule has 0 spiro atoms. The van der Waals surface area contributed by atoms with Gasteiger partial charge in [0.15, 0.2) is 0 Å². The second kappa shape index (κ2) is 5.55. The van der Waals surface area contributed by atoms with Gasteiger partial charge in [-0.05, 0) is 46.3 Å². The van der Waals surface area contributed by atoms with Crippen LogP contribution >= 0.6 is 0 Å². The Balaban J connectivity index is 1.92. The molecule has 2 aliphatic rings. The number of nitrogens with two attached hydrogens (primary N) is 1. The van der Waals surface area contributed by atoms with E-state index in [-0.39, 0.29) is 5.91 Å². The van der Waals surface area contributed by atoms with Crippen LogP contribution in [0.15, 0.2) is 0 Å². The van der Waals surface area contributed by atoms with Crippen molar-refractivity contribution in [2.45, 2.75) is 37.8 Å². The maximum absolute atomic E-state index is 11.7. The molecule has 1 heterocycles. The molecule has 3 N–H and O–H groups in total. The third-order valence-electron chi connectivity index (χ3n) is 4.00. The van der Waals surface area contributed by atoms with Gasteiger partial charge in [0.25, 0.3) is 0 Å². The SMILES string of the molecule is CN1CCCN(CC(C)(NC2CC2)C(N)=O)CC1. The monoisotopic (exact) mass is 254 g/mol. The zero-order valence-corrected chi connectivity index (χ0v) is 11.6. The van der Waals surface area contributed by atoms with Crippen molar-refractivity contribution in [3.8, 4) is 0 Å². The number of amides is 1. The average molecular weight is 254 g/mol. The van der Waals surface area contributed by atoms with Crippen LogP contribution in [0.3, 0.4) is 0 Å². The minimum Gasteiger partial charge on any atom is -0.368 e. The predicted molar refractivity (Wildman–Crippen MR) is 72.3 cm³/mol. The largest absolute Gasteiger partial charge is 0.368 e. The summed E-state index contributed by atoms with van der Waals surface area (Å²) in [5.74, 6) is -0.230. The van der Waals surface area contributed by atoms with Gasteiger partial charge in [-0.25, -0.2) is 0 Å². The lowest BCUT2D eigenvalue weighted by Crippen LogP contribution is -2.60. The molecule has 0 aromatic heterocycles. The first-order chi connectivity index (χ1) is 8.49. The highest BCUT2D eigenvalue weighted by Crippen LogP contribution is 2.23. The number of carbonyl (C=O) groups excluding carboxylic acids is 1. The van der Waals surface area contributed by atoms with Crippen LogP contribution in [0.2, 0.25) is 0 Å². The Kier molecular flexibility index (Phi) is 4.25. The van der Waals surface area contributed by atoms with Gasteiger partial charge < -0.3 is 10.6 Å². The van der Waals surface area contributed by atoms with Crippen LogP contribution in [-0.2, 0) is 4.79 Å². The summed E-state index contributed by atoms with van der Waals surface area (Å²) in [6.45, 7) is 6.96. The summed E-state index contributed by atoms with van der Waals surface area (Å²) in [7, 11) is 2.15. The van der Waals surface area contributed by atoms with Gasteiger partial charge in [-0.15, -0.1) is 0 Å². The highest BCUT2D eigenvalue weighted by Gasteiger charge is 2.38. The smallest absolute Gasteiger partial charge is 0.238 e. The van der Waals surface area contributed by atoms with E-state index < -0.39 is 5.54 Å². The van der Waals surface area contributed by atoms with E-state index in [0.29, 0.717) is 6.04 Å². The van der Waals surface area contributed by atoms with Crippen molar-refractivity contribution in [2.75, 3.05) is 39.8 Å². The summed E-state index contributed by atoms with van der Waals surface area (Å²) in [4.78, 5) is 16.4. The fraction of sp³-hybridized carbons (Fsp3) is 0.923. The third kappa shape index (κ3) is 3.67.